The zero-order valence-corrected chi connectivity index (χ0v) is 10.8. The highest BCUT2D eigenvalue weighted by Gasteiger charge is 2.24. The van der Waals surface area contributed by atoms with Crippen LogP contribution in [0.25, 0.3) is 0 Å². The van der Waals surface area contributed by atoms with E-state index in [-0.39, 0.29) is 5.92 Å². The second-order valence-electron chi connectivity index (χ2n) is 5.30. The van der Waals surface area contributed by atoms with Crippen LogP contribution < -0.4 is 5.32 Å². The molecule has 1 amide bonds. The van der Waals surface area contributed by atoms with Crippen molar-refractivity contribution in [3.8, 4) is 0 Å². The number of ether oxygens (including phenoxy) is 1. The summed E-state index contributed by atoms with van der Waals surface area (Å²) in [6.45, 7) is 4.25. The van der Waals surface area contributed by atoms with Crippen LogP contribution in [0, 0.1) is 11.8 Å². The molecule has 2 fully saturated rings. The number of nitrogens with one attached hydrogen (secondary N) is 1. The maximum Gasteiger partial charge on any atom is 0.225 e. The summed E-state index contributed by atoms with van der Waals surface area (Å²) in [7, 11) is 1.89. The molecule has 0 spiro atoms. The number of amides is 1. The Labute approximate surface area is 104 Å². The van der Waals surface area contributed by atoms with Gasteiger partial charge in [-0.05, 0) is 44.7 Å². The van der Waals surface area contributed by atoms with E-state index in [1.54, 1.807) is 0 Å². The summed E-state index contributed by atoms with van der Waals surface area (Å²) in [5.41, 5.74) is 0. The molecule has 1 aliphatic carbocycles. The summed E-state index contributed by atoms with van der Waals surface area (Å²) in [5, 5.41) is 3.28. The van der Waals surface area contributed by atoms with Crippen LogP contribution in [0.4, 0.5) is 0 Å². The van der Waals surface area contributed by atoms with E-state index < -0.39 is 0 Å². The Balaban J connectivity index is 1.59. The third-order valence-electron chi connectivity index (χ3n) is 3.69. The Morgan fingerprint density at radius 2 is 2.00 bits per heavy atom. The molecule has 1 heterocycles. The minimum Gasteiger partial charge on any atom is -0.379 e. The molecular weight excluding hydrogens is 216 g/mol. The Bertz CT molecular complexity index is 248. The number of likely N-dealkylation sites (N-methyl/N-ethyl adjacent to an activating group) is 1. The van der Waals surface area contributed by atoms with E-state index >= 15 is 0 Å². The van der Waals surface area contributed by atoms with Crippen LogP contribution >= 0.6 is 0 Å². The van der Waals surface area contributed by atoms with Gasteiger partial charge in [0.15, 0.2) is 0 Å². The first kappa shape index (κ1) is 12.8. The highest BCUT2D eigenvalue weighted by atomic mass is 16.5. The molecule has 1 saturated carbocycles. The van der Waals surface area contributed by atoms with Crippen molar-refractivity contribution in [1.29, 1.82) is 0 Å². The summed E-state index contributed by atoms with van der Waals surface area (Å²) in [6, 6.07) is 0. The lowest BCUT2D eigenvalue weighted by atomic mass is 9.97. The SMILES string of the molecule is CN(CCOCC1CC1)C(=O)C1CCNCC1. The third kappa shape index (κ3) is 4.28. The number of piperidine rings is 1. The molecule has 0 radical (unpaired) electrons. The predicted molar refractivity (Wildman–Crippen MR) is 66.8 cm³/mol. The van der Waals surface area contributed by atoms with Gasteiger partial charge in [-0.25, -0.2) is 0 Å². The summed E-state index contributed by atoms with van der Waals surface area (Å²) < 4.78 is 5.56. The van der Waals surface area contributed by atoms with E-state index in [2.05, 4.69) is 5.32 Å². The van der Waals surface area contributed by atoms with Gasteiger partial charge in [-0.15, -0.1) is 0 Å². The molecule has 0 aromatic carbocycles. The highest BCUT2D eigenvalue weighted by Crippen LogP contribution is 2.28. The fourth-order valence-electron chi connectivity index (χ4n) is 2.23. The second kappa shape index (κ2) is 6.36. The minimum absolute atomic E-state index is 0.227. The molecule has 2 aliphatic rings. The average Bonchev–Trinajstić information content (AvgIpc) is 3.18. The van der Waals surface area contributed by atoms with Crippen molar-refractivity contribution in [2.75, 3.05) is 39.9 Å². The topological polar surface area (TPSA) is 41.6 Å². The van der Waals surface area contributed by atoms with E-state index in [1.165, 1.54) is 12.8 Å². The first-order valence-corrected chi connectivity index (χ1v) is 6.81. The highest BCUT2D eigenvalue weighted by molar-refractivity contribution is 5.78. The van der Waals surface area contributed by atoms with E-state index in [1.807, 2.05) is 11.9 Å². The van der Waals surface area contributed by atoms with E-state index in [9.17, 15) is 4.79 Å². The molecule has 0 atom stereocenters. The summed E-state index contributed by atoms with van der Waals surface area (Å²) in [4.78, 5) is 13.9. The zero-order valence-electron chi connectivity index (χ0n) is 10.8. The van der Waals surface area contributed by atoms with Crippen molar-refractivity contribution in [2.24, 2.45) is 11.8 Å². The van der Waals surface area contributed by atoms with E-state index in [0.717, 1.165) is 45.0 Å². The molecule has 2 rings (SSSR count). The van der Waals surface area contributed by atoms with Gasteiger partial charge in [-0.3, -0.25) is 4.79 Å². The molecule has 17 heavy (non-hydrogen) atoms. The first-order chi connectivity index (χ1) is 8.27. The van der Waals surface area contributed by atoms with E-state index in [4.69, 9.17) is 4.74 Å². The van der Waals surface area contributed by atoms with Crippen molar-refractivity contribution >= 4 is 5.91 Å². The monoisotopic (exact) mass is 240 g/mol. The molecule has 0 unspecified atom stereocenters. The van der Waals surface area contributed by atoms with Gasteiger partial charge < -0.3 is 15.0 Å². The van der Waals surface area contributed by atoms with Crippen LogP contribution in [0.5, 0.6) is 0 Å². The van der Waals surface area contributed by atoms with Crippen molar-refractivity contribution in [2.45, 2.75) is 25.7 Å². The molecule has 0 aromatic heterocycles. The fraction of sp³-hybridized carbons (Fsp3) is 0.923. The molecule has 1 aliphatic heterocycles. The molecule has 98 valence electrons. The Morgan fingerprint density at radius 1 is 1.29 bits per heavy atom. The van der Waals surface area contributed by atoms with Gasteiger partial charge in [0, 0.05) is 26.1 Å². The van der Waals surface area contributed by atoms with Crippen LogP contribution in [-0.4, -0.2) is 50.7 Å². The molecule has 0 bridgehead atoms. The van der Waals surface area contributed by atoms with Crippen molar-refractivity contribution in [1.82, 2.24) is 10.2 Å². The van der Waals surface area contributed by atoms with Crippen LogP contribution in [0.3, 0.4) is 0 Å². The summed E-state index contributed by atoms with van der Waals surface area (Å²) >= 11 is 0. The normalized spacial score (nSPS) is 21.5. The standard InChI is InChI=1S/C13H24N2O2/c1-15(8-9-17-10-11-2-3-11)13(16)12-4-6-14-7-5-12/h11-12,14H,2-10H2,1H3. The first-order valence-electron chi connectivity index (χ1n) is 6.81. The number of rotatable bonds is 6. The molecule has 1 N–H and O–H groups in total. The van der Waals surface area contributed by atoms with Crippen LogP contribution in [0.1, 0.15) is 25.7 Å². The van der Waals surface area contributed by atoms with Gasteiger partial charge in [-0.2, -0.15) is 0 Å². The fourth-order valence-corrected chi connectivity index (χ4v) is 2.23. The van der Waals surface area contributed by atoms with Gasteiger partial charge in [-0.1, -0.05) is 0 Å². The lowest BCUT2D eigenvalue weighted by Crippen LogP contribution is -2.40. The van der Waals surface area contributed by atoms with Crippen LogP contribution in [0.15, 0.2) is 0 Å². The Kier molecular flexibility index (Phi) is 4.80. The Morgan fingerprint density at radius 3 is 2.65 bits per heavy atom. The molecule has 4 heteroatoms. The van der Waals surface area contributed by atoms with Crippen molar-refractivity contribution in [3.63, 3.8) is 0 Å². The van der Waals surface area contributed by atoms with Crippen molar-refractivity contribution < 1.29 is 9.53 Å². The van der Waals surface area contributed by atoms with Crippen molar-refractivity contribution in [3.05, 3.63) is 0 Å². The van der Waals surface area contributed by atoms with Crippen LogP contribution in [0.2, 0.25) is 0 Å². The van der Waals surface area contributed by atoms with Crippen LogP contribution in [-0.2, 0) is 9.53 Å². The zero-order chi connectivity index (χ0) is 12.1. The summed E-state index contributed by atoms with van der Waals surface area (Å²) in [5.74, 6) is 1.33. The lowest BCUT2D eigenvalue weighted by Gasteiger charge is -2.26. The van der Waals surface area contributed by atoms with Gasteiger partial charge in [0.2, 0.25) is 5.91 Å². The number of hydrogen-bond donors (Lipinski definition) is 1. The minimum atomic E-state index is 0.227. The number of nitrogens with zero attached hydrogens (tertiary/aromatic N) is 1. The predicted octanol–water partition coefficient (Wildman–Crippen LogP) is 0.871. The number of hydrogen-bond acceptors (Lipinski definition) is 3. The average molecular weight is 240 g/mol. The lowest BCUT2D eigenvalue weighted by molar-refractivity contribution is -0.135. The number of carbonyl (C=O) groups is 1. The molecule has 0 aromatic rings. The molecule has 4 nitrogen and oxygen atoms in total. The largest absolute Gasteiger partial charge is 0.379 e. The second-order valence-corrected chi connectivity index (χ2v) is 5.30. The van der Waals surface area contributed by atoms with Gasteiger partial charge in [0.05, 0.1) is 6.61 Å². The molecular formula is C13H24N2O2. The number of carbonyl (C=O) groups excluding carboxylic acids is 1. The molecule has 1 saturated heterocycles. The maximum absolute atomic E-state index is 12.1. The summed E-state index contributed by atoms with van der Waals surface area (Å²) in [6.07, 6.45) is 4.60. The van der Waals surface area contributed by atoms with Gasteiger partial charge >= 0.3 is 0 Å². The third-order valence-corrected chi connectivity index (χ3v) is 3.69. The Hall–Kier alpha value is -0.610. The maximum atomic E-state index is 12.1. The van der Waals surface area contributed by atoms with Gasteiger partial charge in [0.25, 0.3) is 0 Å². The van der Waals surface area contributed by atoms with Gasteiger partial charge in [0.1, 0.15) is 0 Å². The van der Waals surface area contributed by atoms with E-state index in [0.29, 0.717) is 12.5 Å². The quantitative estimate of drug-likeness (QED) is 0.701. The smallest absolute Gasteiger partial charge is 0.225 e.